The second-order valence-electron chi connectivity index (χ2n) is 1.92. The average molecular weight is 255 g/mol. The van der Waals surface area contributed by atoms with E-state index in [0.29, 0.717) is 5.33 Å². The molecule has 0 aliphatic heterocycles. The molecule has 11 heavy (non-hydrogen) atoms. The molecule has 1 rings (SSSR count). The standard InChI is InChI=1S/C8H7BrO.Fe/c9-6-8(10)7-4-2-1-3-5-7;/h1-5H,6H2;. The van der Waals surface area contributed by atoms with Crippen molar-refractivity contribution in [2.24, 2.45) is 0 Å². The third-order valence-electron chi connectivity index (χ3n) is 1.22. The first-order valence-electron chi connectivity index (χ1n) is 2.99. The Hall–Kier alpha value is -0.111. The Kier molecular flexibility index (Phi) is 5.47. The van der Waals surface area contributed by atoms with Crippen LogP contribution >= 0.6 is 15.9 Å². The molecule has 60 valence electrons. The van der Waals surface area contributed by atoms with Crippen molar-refractivity contribution in [2.75, 3.05) is 5.33 Å². The van der Waals surface area contributed by atoms with Gasteiger partial charge in [0.2, 0.25) is 0 Å². The number of ketones is 1. The number of Topliss-reactive ketones (excluding diaryl/α,β-unsaturated/α-hetero) is 1. The molecule has 0 amide bonds. The van der Waals surface area contributed by atoms with Gasteiger partial charge in [-0.2, -0.15) is 0 Å². The summed E-state index contributed by atoms with van der Waals surface area (Å²) in [7, 11) is 0. The molecule has 0 spiro atoms. The van der Waals surface area contributed by atoms with Crippen molar-refractivity contribution in [3.05, 3.63) is 35.9 Å². The van der Waals surface area contributed by atoms with Gasteiger partial charge in [-0.15, -0.1) is 0 Å². The van der Waals surface area contributed by atoms with Gasteiger partial charge in [0.25, 0.3) is 0 Å². The Morgan fingerprint density at radius 1 is 1.27 bits per heavy atom. The van der Waals surface area contributed by atoms with Crippen LogP contribution in [-0.2, 0) is 17.1 Å². The number of hydrogen-bond donors (Lipinski definition) is 0. The molecule has 0 saturated heterocycles. The molecule has 0 atom stereocenters. The quantitative estimate of drug-likeness (QED) is 0.450. The summed E-state index contributed by atoms with van der Waals surface area (Å²) < 4.78 is 0. The number of carbonyl (C=O) groups excluding carboxylic acids is 1. The first-order valence-corrected chi connectivity index (χ1v) is 4.11. The summed E-state index contributed by atoms with van der Waals surface area (Å²) in [4.78, 5) is 11.0. The molecule has 0 saturated carbocycles. The monoisotopic (exact) mass is 254 g/mol. The maximum absolute atomic E-state index is 11.0. The van der Waals surface area contributed by atoms with E-state index in [0.717, 1.165) is 5.56 Å². The summed E-state index contributed by atoms with van der Waals surface area (Å²) in [6, 6.07) is 9.23. The van der Waals surface area contributed by atoms with E-state index in [-0.39, 0.29) is 22.9 Å². The number of carbonyl (C=O) groups is 1. The topological polar surface area (TPSA) is 17.1 Å². The molecule has 0 aliphatic rings. The van der Waals surface area contributed by atoms with Crippen molar-refractivity contribution in [1.29, 1.82) is 0 Å². The van der Waals surface area contributed by atoms with E-state index >= 15 is 0 Å². The summed E-state index contributed by atoms with van der Waals surface area (Å²) >= 11 is 3.10. The zero-order valence-corrected chi connectivity index (χ0v) is 8.42. The molecule has 0 aliphatic carbocycles. The van der Waals surface area contributed by atoms with Gasteiger partial charge in [0.15, 0.2) is 5.78 Å². The Morgan fingerprint density at radius 2 is 1.82 bits per heavy atom. The van der Waals surface area contributed by atoms with Crippen LogP contribution in [0.15, 0.2) is 30.3 Å². The van der Waals surface area contributed by atoms with Crippen molar-refractivity contribution in [1.82, 2.24) is 0 Å². The molecule has 0 heterocycles. The van der Waals surface area contributed by atoms with Crippen LogP contribution in [0.3, 0.4) is 0 Å². The zero-order valence-electron chi connectivity index (χ0n) is 5.73. The molecule has 1 aromatic carbocycles. The van der Waals surface area contributed by atoms with E-state index in [1.165, 1.54) is 0 Å². The SMILES string of the molecule is O=C(CBr)c1ccccc1.[Fe]. The van der Waals surface area contributed by atoms with E-state index in [4.69, 9.17) is 0 Å². The molecule has 1 aromatic rings. The van der Waals surface area contributed by atoms with Gasteiger partial charge in [0.05, 0.1) is 5.33 Å². The van der Waals surface area contributed by atoms with Crippen molar-refractivity contribution in [3.63, 3.8) is 0 Å². The van der Waals surface area contributed by atoms with E-state index in [9.17, 15) is 4.79 Å². The van der Waals surface area contributed by atoms with Gasteiger partial charge in [0.1, 0.15) is 0 Å². The van der Waals surface area contributed by atoms with Crippen LogP contribution in [0.2, 0.25) is 0 Å². The Bertz CT molecular complexity index is 223. The molecule has 0 fully saturated rings. The number of rotatable bonds is 2. The minimum absolute atomic E-state index is 0. The van der Waals surface area contributed by atoms with Gasteiger partial charge in [-0.1, -0.05) is 46.3 Å². The fourth-order valence-corrected chi connectivity index (χ4v) is 1.02. The number of alkyl halides is 1. The molecular weight excluding hydrogens is 248 g/mol. The molecule has 0 N–H and O–H groups in total. The predicted molar refractivity (Wildman–Crippen MR) is 44.6 cm³/mol. The van der Waals surface area contributed by atoms with Crippen molar-refractivity contribution >= 4 is 21.7 Å². The summed E-state index contributed by atoms with van der Waals surface area (Å²) in [5.74, 6) is 0.126. The third kappa shape index (κ3) is 3.19. The molecule has 3 heteroatoms. The fourth-order valence-electron chi connectivity index (χ4n) is 0.701. The Balaban J connectivity index is 0.000001000. The molecule has 1 nitrogen and oxygen atoms in total. The van der Waals surface area contributed by atoms with E-state index in [2.05, 4.69) is 15.9 Å². The maximum Gasteiger partial charge on any atom is 0.173 e. The van der Waals surface area contributed by atoms with Crippen LogP contribution in [0.4, 0.5) is 0 Å². The van der Waals surface area contributed by atoms with Gasteiger partial charge in [-0.05, 0) is 0 Å². The average Bonchev–Trinajstić information content (AvgIpc) is 2.05. The van der Waals surface area contributed by atoms with E-state index in [1.54, 1.807) is 0 Å². The van der Waals surface area contributed by atoms with Gasteiger partial charge in [-0.3, -0.25) is 4.79 Å². The number of hydrogen-bond acceptors (Lipinski definition) is 1. The molecular formula is C8H7BrFeO. The normalized spacial score (nSPS) is 8.45. The third-order valence-corrected chi connectivity index (χ3v) is 1.73. The van der Waals surface area contributed by atoms with E-state index in [1.807, 2.05) is 30.3 Å². The predicted octanol–water partition coefficient (Wildman–Crippen LogP) is 2.26. The van der Waals surface area contributed by atoms with Gasteiger partial charge < -0.3 is 0 Å². The van der Waals surface area contributed by atoms with Crippen molar-refractivity contribution < 1.29 is 21.9 Å². The van der Waals surface area contributed by atoms with Crippen molar-refractivity contribution in [3.8, 4) is 0 Å². The summed E-state index contributed by atoms with van der Waals surface area (Å²) in [5.41, 5.74) is 0.763. The van der Waals surface area contributed by atoms with Crippen molar-refractivity contribution in [2.45, 2.75) is 0 Å². The smallest absolute Gasteiger partial charge is 0.173 e. The fraction of sp³-hybridized carbons (Fsp3) is 0.125. The van der Waals surface area contributed by atoms with Crippen LogP contribution in [0.1, 0.15) is 10.4 Å². The second kappa shape index (κ2) is 5.53. The van der Waals surface area contributed by atoms with Crippen LogP contribution in [0, 0.1) is 0 Å². The van der Waals surface area contributed by atoms with Crippen LogP contribution in [0.5, 0.6) is 0 Å². The molecule has 0 radical (unpaired) electrons. The Labute approximate surface area is 84.8 Å². The number of halogens is 1. The molecule has 0 aromatic heterocycles. The van der Waals surface area contributed by atoms with Crippen LogP contribution < -0.4 is 0 Å². The first kappa shape index (κ1) is 10.9. The number of benzene rings is 1. The van der Waals surface area contributed by atoms with Crippen LogP contribution in [-0.4, -0.2) is 11.1 Å². The zero-order chi connectivity index (χ0) is 7.40. The van der Waals surface area contributed by atoms with Gasteiger partial charge in [-0.25, -0.2) is 0 Å². The minimum atomic E-state index is 0. The Morgan fingerprint density at radius 3 is 2.27 bits per heavy atom. The second-order valence-corrected chi connectivity index (χ2v) is 2.48. The molecule has 0 bridgehead atoms. The molecule has 0 unspecified atom stereocenters. The summed E-state index contributed by atoms with van der Waals surface area (Å²) in [6.45, 7) is 0. The maximum atomic E-state index is 11.0. The minimum Gasteiger partial charge on any atom is -0.293 e. The van der Waals surface area contributed by atoms with Gasteiger partial charge in [0, 0.05) is 22.6 Å². The van der Waals surface area contributed by atoms with Gasteiger partial charge >= 0.3 is 0 Å². The summed E-state index contributed by atoms with van der Waals surface area (Å²) in [5, 5.41) is 0.400. The van der Waals surface area contributed by atoms with E-state index < -0.39 is 0 Å². The van der Waals surface area contributed by atoms with Crippen LogP contribution in [0.25, 0.3) is 0 Å². The first-order chi connectivity index (χ1) is 4.84. The summed E-state index contributed by atoms with van der Waals surface area (Å²) in [6.07, 6.45) is 0. The largest absolute Gasteiger partial charge is 0.293 e.